The lowest BCUT2D eigenvalue weighted by molar-refractivity contribution is 0.0598. The van der Waals surface area contributed by atoms with Crippen LogP contribution in [0.2, 0.25) is 0 Å². The van der Waals surface area contributed by atoms with Gasteiger partial charge in [0, 0.05) is 10.8 Å². The lowest BCUT2D eigenvalue weighted by atomic mass is 9.89. The molecule has 0 saturated carbocycles. The van der Waals surface area contributed by atoms with Crippen LogP contribution in [-0.2, 0) is 10.2 Å². The van der Waals surface area contributed by atoms with Crippen molar-refractivity contribution >= 4 is 16.9 Å². The Morgan fingerprint density at radius 3 is 2.55 bits per heavy atom. The second-order valence-electron chi connectivity index (χ2n) is 5.64. The van der Waals surface area contributed by atoms with E-state index in [9.17, 15) is 4.79 Å². The number of ether oxygens (including phenoxy) is 2. The highest BCUT2D eigenvalue weighted by Crippen LogP contribution is 2.36. The summed E-state index contributed by atoms with van der Waals surface area (Å²) in [4.78, 5) is 12.1. The van der Waals surface area contributed by atoms with Crippen molar-refractivity contribution < 1.29 is 18.7 Å². The summed E-state index contributed by atoms with van der Waals surface area (Å²) in [5, 5.41) is 0.729. The van der Waals surface area contributed by atoms with E-state index in [-0.39, 0.29) is 11.4 Å². The van der Waals surface area contributed by atoms with Gasteiger partial charge in [0.1, 0.15) is 22.7 Å². The Balaban J connectivity index is 2.72. The fourth-order valence-corrected chi connectivity index (χ4v) is 2.17. The molecule has 0 unspecified atom stereocenters. The van der Waals surface area contributed by atoms with Gasteiger partial charge in [0.05, 0.1) is 13.7 Å². The minimum absolute atomic E-state index is 0.283. The van der Waals surface area contributed by atoms with Crippen molar-refractivity contribution in [3.63, 3.8) is 0 Å². The summed E-state index contributed by atoms with van der Waals surface area (Å²) in [5.74, 6) is 0.960. The molecule has 0 aliphatic carbocycles. The fourth-order valence-electron chi connectivity index (χ4n) is 2.17. The smallest absolute Gasteiger partial charge is 0.342 e. The molecule has 2 rings (SSSR count). The van der Waals surface area contributed by atoms with Gasteiger partial charge in [-0.1, -0.05) is 20.8 Å². The van der Waals surface area contributed by atoms with E-state index in [0.717, 1.165) is 5.39 Å². The summed E-state index contributed by atoms with van der Waals surface area (Å²) in [6.45, 7) is 8.49. The molecule has 0 radical (unpaired) electrons. The Kier molecular flexibility index (Phi) is 3.75. The molecule has 0 amide bonds. The molecule has 0 atom stereocenters. The number of fused-ring (bicyclic) bond motifs is 1. The van der Waals surface area contributed by atoms with Crippen LogP contribution in [0.3, 0.4) is 0 Å². The summed E-state index contributed by atoms with van der Waals surface area (Å²) in [7, 11) is 1.38. The predicted octanol–water partition coefficient (Wildman–Crippen LogP) is 3.92. The van der Waals surface area contributed by atoms with E-state index < -0.39 is 0 Å². The normalized spacial score (nSPS) is 11.7. The van der Waals surface area contributed by atoms with Crippen LogP contribution in [0.5, 0.6) is 5.75 Å². The number of carbonyl (C=O) groups excluding carboxylic acids is 1. The molecule has 1 aromatic carbocycles. The largest absolute Gasteiger partial charge is 0.494 e. The summed E-state index contributed by atoms with van der Waals surface area (Å²) in [6, 6.07) is 5.48. The SMILES string of the molecule is CCOc1ccc2oc(C(C)(C)C)c(C(=O)OC)c2c1. The third kappa shape index (κ3) is 2.50. The van der Waals surface area contributed by atoms with Gasteiger partial charge in [0.25, 0.3) is 0 Å². The van der Waals surface area contributed by atoms with Crippen molar-refractivity contribution in [3.8, 4) is 5.75 Å². The van der Waals surface area contributed by atoms with Crippen LogP contribution in [0.1, 0.15) is 43.8 Å². The number of hydrogen-bond donors (Lipinski definition) is 0. The van der Waals surface area contributed by atoms with Gasteiger partial charge >= 0.3 is 5.97 Å². The number of esters is 1. The summed E-state index contributed by atoms with van der Waals surface area (Å²) >= 11 is 0. The first-order valence-electron chi connectivity index (χ1n) is 6.66. The molecule has 0 aliphatic heterocycles. The zero-order valence-electron chi connectivity index (χ0n) is 12.6. The maximum Gasteiger partial charge on any atom is 0.342 e. The van der Waals surface area contributed by atoms with E-state index in [0.29, 0.717) is 29.3 Å². The number of benzene rings is 1. The van der Waals surface area contributed by atoms with E-state index in [4.69, 9.17) is 13.9 Å². The Morgan fingerprint density at radius 2 is 2.00 bits per heavy atom. The fraction of sp³-hybridized carbons (Fsp3) is 0.438. The number of methoxy groups -OCH3 is 1. The van der Waals surface area contributed by atoms with E-state index in [2.05, 4.69) is 0 Å². The highest BCUT2D eigenvalue weighted by Gasteiger charge is 2.29. The highest BCUT2D eigenvalue weighted by atomic mass is 16.5. The Bertz CT molecular complexity index is 632. The molecule has 1 aromatic heterocycles. The van der Waals surface area contributed by atoms with E-state index in [1.165, 1.54) is 7.11 Å². The zero-order valence-corrected chi connectivity index (χ0v) is 12.6. The van der Waals surface area contributed by atoms with Crippen LogP contribution in [-0.4, -0.2) is 19.7 Å². The molecule has 0 saturated heterocycles. The van der Waals surface area contributed by atoms with Crippen LogP contribution in [0, 0.1) is 0 Å². The van der Waals surface area contributed by atoms with Crippen molar-refractivity contribution in [2.24, 2.45) is 0 Å². The first-order chi connectivity index (χ1) is 9.38. The molecule has 4 heteroatoms. The maximum atomic E-state index is 12.1. The lowest BCUT2D eigenvalue weighted by Gasteiger charge is -2.16. The molecule has 0 aliphatic rings. The Morgan fingerprint density at radius 1 is 1.30 bits per heavy atom. The van der Waals surface area contributed by atoms with Crippen LogP contribution in [0.15, 0.2) is 22.6 Å². The Hall–Kier alpha value is -1.97. The first kappa shape index (κ1) is 14.4. The predicted molar refractivity (Wildman–Crippen MR) is 77.4 cm³/mol. The average Bonchev–Trinajstić information content (AvgIpc) is 2.77. The number of rotatable bonds is 3. The van der Waals surface area contributed by atoms with Crippen molar-refractivity contribution in [2.45, 2.75) is 33.1 Å². The van der Waals surface area contributed by atoms with Crippen LogP contribution >= 0.6 is 0 Å². The van der Waals surface area contributed by atoms with E-state index in [1.807, 2.05) is 45.9 Å². The van der Waals surface area contributed by atoms with Gasteiger partial charge in [0.2, 0.25) is 0 Å². The summed E-state index contributed by atoms with van der Waals surface area (Å²) < 4.78 is 16.2. The standard InChI is InChI=1S/C16H20O4/c1-6-19-10-7-8-12-11(9-10)13(15(17)18-5)14(20-12)16(2,3)4/h7-9H,6H2,1-5H3. The monoisotopic (exact) mass is 276 g/mol. The highest BCUT2D eigenvalue weighted by molar-refractivity contribution is 6.05. The van der Waals surface area contributed by atoms with Gasteiger partial charge in [-0.15, -0.1) is 0 Å². The molecule has 0 N–H and O–H groups in total. The molecule has 0 spiro atoms. The molecule has 0 bridgehead atoms. The zero-order chi connectivity index (χ0) is 14.9. The molecule has 1 heterocycles. The van der Waals surface area contributed by atoms with Crippen molar-refractivity contribution in [2.75, 3.05) is 13.7 Å². The first-order valence-corrected chi connectivity index (χ1v) is 6.66. The number of carbonyl (C=O) groups is 1. The minimum Gasteiger partial charge on any atom is -0.494 e. The summed E-state index contributed by atoms with van der Waals surface area (Å²) in [6.07, 6.45) is 0. The minimum atomic E-state index is -0.387. The Labute approximate surface area is 118 Å². The topological polar surface area (TPSA) is 48.7 Å². The van der Waals surface area contributed by atoms with Gasteiger partial charge in [-0.2, -0.15) is 0 Å². The van der Waals surface area contributed by atoms with Crippen LogP contribution in [0.25, 0.3) is 11.0 Å². The molecule has 4 nitrogen and oxygen atoms in total. The number of furan rings is 1. The molecule has 0 fully saturated rings. The van der Waals surface area contributed by atoms with Crippen molar-refractivity contribution in [3.05, 3.63) is 29.5 Å². The van der Waals surface area contributed by atoms with E-state index >= 15 is 0 Å². The van der Waals surface area contributed by atoms with E-state index in [1.54, 1.807) is 0 Å². The van der Waals surface area contributed by atoms with Crippen LogP contribution in [0.4, 0.5) is 0 Å². The van der Waals surface area contributed by atoms with Gasteiger partial charge in [0.15, 0.2) is 0 Å². The van der Waals surface area contributed by atoms with Gasteiger partial charge in [-0.05, 0) is 25.1 Å². The van der Waals surface area contributed by atoms with Gasteiger partial charge in [-0.3, -0.25) is 0 Å². The molecular weight excluding hydrogens is 256 g/mol. The number of hydrogen-bond acceptors (Lipinski definition) is 4. The van der Waals surface area contributed by atoms with Gasteiger partial charge in [-0.25, -0.2) is 4.79 Å². The third-order valence-electron chi connectivity index (χ3n) is 3.04. The molecule has 20 heavy (non-hydrogen) atoms. The van der Waals surface area contributed by atoms with Crippen molar-refractivity contribution in [1.29, 1.82) is 0 Å². The second-order valence-corrected chi connectivity index (χ2v) is 5.64. The quantitative estimate of drug-likeness (QED) is 0.797. The molecule has 2 aromatic rings. The van der Waals surface area contributed by atoms with Crippen LogP contribution < -0.4 is 4.74 Å². The average molecular weight is 276 g/mol. The second kappa shape index (κ2) is 5.19. The lowest BCUT2D eigenvalue weighted by Crippen LogP contribution is -2.15. The molecule has 108 valence electrons. The maximum absolute atomic E-state index is 12.1. The third-order valence-corrected chi connectivity index (χ3v) is 3.04. The van der Waals surface area contributed by atoms with Crippen molar-refractivity contribution in [1.82, 2.24) is 0 Å². The van der Waals surface area contributed by atoms with Gasteiger partial charge < -0.3 is 13.9 Å². The summed E-state index contributed by atoms with van der Waals surface area (Å²) in [5.41, 5.74) is 0.865. The molecular formula is C16H20O4.